The number of esters is 1. The average Bonchev–Trinajstić information content (AvgIpc) is 2.99. The normalized spacial score (nSPS) is 10.5. The number of nitrogens with zero attached hydrogens (tertiary/aromatic N) is 3. The van der Waals surface area contributed by atoms with E-state index >= 15 is 0 Å². The molecular weight excluding hydrogens is 334 g/mol. The number of ether oxygens (including phenoxy) is 1. The molecule has 0 radical (unpaired) electrons. The fraction of sp³-hybridized carbons (Fsp3) is 0.222. The van der Waals surface area contributed by atoms with E-state index in [0.29, 0.717) is 23.6 Å². The predicted octanol–water partition coefficient (Wildman–Crippen LogP) is 2.79. The first-order valence-corrected chi connectivity index (χ1v) is 8.19. The lowest BCUT2D eigenvalue weighted by Crippen LogP contribution is -2.20. The number of anilines is 2. The molecule has 3 aromatic rings. The lowest BCUT2D eigenvalue weighted by molar-refractivity contribution is -0.142. The third-order valence-corrected chi connectivity index (χ3v) is 3.72. The highest BCUT2D eigenvalue weighted by molar-refractivity contribution is 6.01. The van der Waals surface area contributed by atoms with Gasteiger partial charge in [-0.3, -0.25) is 9.20 Å². The Kier molecular flexibility index (Phi) is 5.12. The van der Waals surface area contributed by atoms with Crippen LogP contribution in [0.4, 0.5) is 16.2 Å². The fourth-order valence-corrected chi connectivity index (χ4v) is 2.50. The molecule has 0 fully saturated rings. The molecule has 3 rings (SSSR count). The molecular formula is C18H19N5O3. The Balaban J connectivity index is 1.63. The lowest BCUT2D eigenvalue weighted by Gasteiger charge is -2.09. The molecule has 1 aromatic carbocycles. The molecule has 0 atom stereocenters. The van der Waals surface area contributed by atoms with Crippen LogP contribution in [-0.2, 0) is 16.0 Å². The van der Waals surface area contributed by atoms with Gasteiger partial charge in [0.25, 0.3) is 0 Å². The highest BCUT2D eigenvalue weighted by Gasteiger charge is 2.10. The summed E-state index contributed by atoms with van der Waals surface area (Å²) in [5, 5.41) is 13.6. The fourth-order valence-electron chi connectivity index (χ4n) is 2.50. The van der Waals surface area contributed by atoms with Gasteiger partial charge in [-0.1, -0.05) is 12.1 Å². The van der Waals surface area contributed by atoms with Gasteiger partial charge in [-0.25, -0.2) is 4.79 Å². The number of nitrogens with one attached hydrogen (secondary N) is 2. The molecule has 0 aliphatic carbocycles. The van der Waals surface area contributed by atoms with E-state index in [1.165, 1.54) is 0 Å². The smallest absolute Gasteiger partial charge is 0.323 e. The molecule has 134 valence electrons. The van der Waals surface area contributed by atoms with Gasteiger partial charge in [0.1, 0.15) is 5.82 Å². The maximum Gasteiger partial charge on any atom is 0.323 e. The van der Waals surface area contributed by atoms with Gasteiger partial charge >= 0.3 is 12.0 Å². The average molecular weight is 353 g/mol. The van der Waals surface area contributed by atoms with Crippen LogP contribution >= 0.6 is 0 Å². The van der Waals surface area contributed by atoms with Crippen LogP contribution in [-0.4, -0.2) is 33.2 Å². The van der Waals surface area contributed by atoms with Crippen molar-refractivity contribution in [3.8, 4) is 0 Å². The first kappa shape index (κ1) is 17.4. The van der Waals surface area contributed by atoms with E-state index in [2.05, 4.69) is 20.8 Å². The molecule has 0 aliphatic heterocycles. The third kappa shape index (κ3) is 3.97. The molecule has 2 heterocycles. The van der Waals surface area contributed by atoms with E-state index in [4.69, 9.17) is 4.74 Å². The Morgan fingerprint density at radius 3 is 2.62 bits per heavy atom. The maximum absolute atomic E-state index is 12.2. The Morgan fingerprint density at radius 2 is 1.88 bits per heavy atom. The van der Waals surface area contributed by atoms with Gasteiger partial charge in [-0.2, -0.15) is 0 Å². The van der Waals surface area contributed by atoms with Crippen molar-refractivity contribution < 1.29 is 14.3 Å². The topological polar surface area (TPSA) is 97.6 Å². The summed E-state index contributed by atoms with van der Waals surface area (Å²) >= 11 is 0. The maximum atomic E-state index is 12.2. The number of rotatable bonds is 5. The molecule has 2 aromatic heterocycles. The number of aryl methyl sites for hydroxylation is 1. The minimum atomic E-state index is -0.392. The molecule has 2 N–H and O–H groups in total. The Hall–Kier alpha value is -3.42. The van der Waals surface area contributed by atoms with E-state index < -0.39 is 6.03 Å². The van der Waals surface area contributed by atoms with E-state index in [9.17, 15) is 9.59 Å². The summed E-state index contributed by atoms with van der Waals surface area (Å²) in [6.45, 7) is 3.96. The van der Waals surface area contributed by atoms with Gasteiger partial charge < -0.3 is 15.4 Å². The summed E-state index contributed by atoms with van der Waals surface area (Å²) in [7, 11) is 0. The largest absolute Gasteiger partial charge is 0.466 e. The first-order valence-electron chi connectivity index (χ1n) is 8.19. The zero-order chi connectivity index (χ0) is 18.5. The van der Waals surface area contributed by atoms with Crippen molar-refractivity contribution in [1.82, 2.24) is 14.6 Å². The number of amides is 2. The molecule has 0 bridgehead atoms. The highest BCUT2D eigenvalue weighted by atomic mass is 16.5. The van der Waals surface area contributed by atoms with Gasteiger partial charge in [0.2, 0.25) is 0 Å². The van der Waals surface area contributed by atoms with Gasteiger partial charge in [-0.15, -0.1) is 10.2 Å². The van der Waals surface area contributed by atoms with Crippen molar-refractivity contribution >= 4 is 29.0 Å². The van der Waals surface area contributed by atoms with E-state index in [-0.39, 0.29) is 12.4 Å². The third-order valence-electron chi connectivity index (χ3n) is 3.72. The van der Waals surface area contributed by atoms with E-state index in [1.54, 1.807) is 41.7 Å². The lowest BCUT2D eigenvalue weighted by atomic mass is 10.1. The van der Waals surface area contributed by atoms with E-state index in [0.717, 1.165) is 11.4 Å². The second kappa shape index (κ2) is 7.64. The summed E-state index contributed by atoms with van der Waals surface area (Å²) < 4.78 is 6.70. The number of urea groups is 1. The summed E-state index contributed by atoms with van der Waals surface area (Å²) in [5.74, 6) is 0.462. The number of hydrogen-bond acceptors (Lipinski definition) is 5. The van der Waals surface area contributed by atoms with Crippen molar-refractivity contribution in [2.75, 3.05) is 17.2 Å². The Bertz CT molecular complexity index is 934. The standard InChI is InChI=1S/C18H19N5O3/c1-3-26-16(24)11-13-6-8-14(9-7-13)19-18(25)20-15-5-4-10-23-12(2)21-22-17(15)23/h4-10H,3,11H2,1-2H3,(H2,19,20,25). The van der Waals surface area contributed by atoms with Gasteiger partial charge in [0.05, 0.1) is 18.7 Å². The van der Waals surface area contributed by atoms with Gasteiger partial charge in [-0.05, 0) is 43.7 Å². The minimum absolute atomic E-state index is 0.203. The first-order chi connectivity index (χ1) is 12.6. The van der Waals surface area contributed by atoms with Crippen molar-refractivity contribution in [1.29, 1.82) is 0 Å². The minimum Gasteiger partial charge on any atom is -0.466 e. The van der Waals surface area contributed by atoms with Gasteiger partial charge in [0.15, 0.2) is 5.65 Å². The highest BCUT2D eigenvalue weighted by Crippen LogP contribution is 2.16. The molecule has 0 unspecified atom stereocenters. The van der Waals surface area contributed by atoms with Crippen molar-refractivity contribution in [2.24, 2.45) is 0 Å². The molecule has 0 aliphatic rings. The second-order valence-corrected chi connectivity index (χ2v) is 5.62. The van der Waals surface area contributed by atoms with Crippen LogP contribution in [0.1, 0.15) is 18.3 Å². The molecule has 0 saturated carbocycles. The number of carbonyl (C=O) groups is 2. The van der Waals surface area contributed by atoms with Crippen LogP contribution in [0, 0.1) is 6.92 Å². The number of aromatic nitrogens is 3. The molecule has 0 spiro atoms. The molecule has 26 heavy (non-hydrogen) atoms. The van der Waals surface area contributed by atoms with Crippen LogP contribution in [0.5, 0.6) is 0 Å². The summed E-state index contributed by atoms with van der Waals surface area (Å²) in [5.41, 5.74) is 2.56. The number of hydrogen-bond donors (Lipinski definition) is 2. The number of fused-ring (bicyclic) bond motifs is 1. The molecule has 0 saturated heterocycles. The number of benzene rings is 1. The zero-order valence-electron chi connectivity index (χ0n) is 14.5. The Labute approximate surface area is 150 Å². The summed E-state index contributed by atoms with van der Waals surface area (Å²) in [6, 6.07) is 10.2. The summed E-state index contributed by atoms with van der Waals surface area (Å²) in [6.07, 6.45) is 2.03. The monoisotopic (exact) mass is 353 g/mol. The van der Waals surface area contributed by atoms with Crippen LogP contribution in [0.2, 0.25) is 0 Å². The van der Waals surface area contributed by atoms with Crippen LogP contribution in [0.25, 0.3) is 5.65 Å². The van der Waals surface area contributed by atoms with Crippen molar-refractivity contribution in [2.45, 2.75) is 20.3 Å². The number of pyridine rings is 1. The van der Waals surface area contributed by atoms with Crippen molar-refractivity contribution in [3.05, 3.63) is 54.0 Å². The summed E-state index contributed by atoms with van der Waals surface area (Å²) in [4.78, 5) is 23.7. The van der Waals surface area contributed by atoms with E-state index in [1.807, 2.05) is 19.2 Å². The quantitative estimate of drug-likeness (QED) is 0.688. The van der Waals surface area contributed by atoms with Gasteiger partial charge in [0, 0.05) is 11.9 Å². The second-order valence-electron chi connectivity index (χ2n) is 5.62. The van der Waals surface area contributed by atoms with Crippen molar-refractivity contribution in [3.63, 3.8) is 0 Å². The number of carbonyl (C=O) groups excluding carboxylic acids is 2. The molecule has 8 nitrogen and oxygen atoms in total. The molecule has 2 amide bonds. The van der Waals surface area contributed by atoms with Crippen LogP contribution < -0.4 is 10.6 Å². The SMILES string of the molecule is CCOC(=O)Cc1ccc(NC(=O)Nc2cccn3c(C)nnc23)cc1. The Morgan fingerprint density at radius 1 is 1.12 bits per heavy atom. The predicted molar refractivity (Wildman–Crippen MR) is 97.1 cm³/mol. The van der Waals surface area contributed by atoms with Crippen LogP contribution in [0.3, 0.4) is 0 Å². The van der Waals surface area contributed by atoms with Crippen LogP contribution in [0.15, 0.2) is 42.6 Å². The molecule has 8 heteroatoms. The zero-order valence-corrected chi connectivity index (χ0v) is 14.5.